The Bertz CT molecular complexity index is 859. The minimum Gasteiger partial charge on any atom is -0.497 e. The van der Waals surface area contributed by atoms with Crippen LogP contribution in [-0.4, -0.2) is 25.2 Å². The SMILES string of the molecule is COc1cc(NC(=O)NCc2ccnc(-c3ccsc3)c2)cc(OC)c1. The Kier molecular flexibility index (Phi) is 5.70. The van der Waals surface area contributed by atoms with E-state index in [0.29, 0.717) is 23.7 Å². The molecule has 0 fully saturated rings. The van der Waals surface area contributed by atoms with Crippen molar-refractivity contribution in [1.82, 2.24) is 10.3 Å². The Morgan fingerprint density at radius 2 is 1.88 bits per heavy atom. The molecule has 3 rings (SSSR count). The van der Waals surface area contributed by atoms with Gasteiger partial charge in [-0.15, -0.1) is 0 Å². The maximum atomic E-state index is 12.2. The van der Waals surface area contributed by atoms with Crippen molar-refractivity contribution < 1.29 is 14.3 Å². The highest BCUT2D eigenvalue weighted by Gasteiger charge is 2.07. The van der Waals surface area contributed by atoms with Crippen molar-refractivity contribution in [2.24, 2.45) is 0 Å². The molecule has 6 nitrogen and oxygen atoms in total. The minimum atomic E-state index is -0.311. The summed E-state index contributed by atoms with van der Waals surface area (Å²) in [6.07, 6.45) is 1.74. The van der Waals surface area contributed by atoms with Gasteiger partial charge in [-0.3, -0.25) is 4.98 Å². The molecule has 7 heteroatoms. The summed E-state index contributed by atoms with van der Waals surface area (Å²) in [6, 6.07) is 10.8. The average Bonchev–Trinajstić information content (AvgIpc) is 3.21. The van der Waals surface area contributed by atoms with Crippen LogP contribution in [0, 0.1) is 0 Å². The van der Waals surface area contributed by atoms with Gasteiger partial charge in [0.15, 0.2) is 0 Å². The van der Waals surface area contributed by atoms with Gasteiger partial charge in [-0.1, -0.05) is 0 Å². The van der Waals surface area contributed by atoms with Crippen molar-refractivity contribution in [3.05, 3.63) is 58.9 Å². The van der Waals surface area contributed by atoms with Crippen molar-refractivity contribution in [2.75, 3.05) is 19.5 Å². The molecule has 0 spiro atoms. The molecule has 26 heavy (non-hydrogen) atoms. The molecule has 2 amide bonds. The monoisotopic (exact) mass is 369 g/mol. The van der Waals surface area contributed by atoms with Gasteiger partial charge in [0, 0.05) is 47.6 Å². The standard InChI is InChI=1S/C19H19N3O3S/c1-24-16-8-15(9-17(10-16)25-2)22-19(23)21-11-13-3-5-20-18(7-13)14-4-6-26-12-14/h3-10,12H,11H2,1-2H3,(H2,21,22,23). The highest BCUT2D eigenvalue weighted by molar-refractivity contribution is 7.08. The number of methoxy groups -OCH3 is 2. The first-order valence-electron chi connectivity index (χ1n) is 7.93. The zero-order valence-corrected chi connectivity index (χ0v) is 15.3. The maximum absolute atomic E-state index is 12.2. The van der Waals surface area contributed by atoms with Crippen molar-refractivity contribution in [3.63, 3.8) is 0 Å². The fourth-order valence-corrected chi connectivity index (χ4v) is 3.04. The van der Waals surface area contributed by atoms with Crippen LogP contribution in [0.5, 0.6) is 11.5 Å². The number of urea groups is 1. The summed E-state index contributed by atoms with van der Waals surface area (Å²) in [5.74, 6) is 1.21. The number of thiophene rings is 1. The average molecular weight is 369 g/mol. The lowest BCUT2D eigenvalue weighted by molar-refractivity contribution is 0.251. The quantitative estimate of drug-likeness (QED) is 0.685. The summed E-state index contributed by atoms with van der Waals surface area (Å²) < 4.78 is 10.4. The van der Waals surface area contributed by atoms with E-state index in [4.69, 9.17) is 9.47 Å². The van der Waals surface area contributed by atoms with E-state index in [1.54, 1.807) is 50.0 Å². The highest BCUT2D eigenvalue weighted by atomic mass is 32.1. The molecule has 0 atom stereocenters. The minimum absolute atomic E-state index is 0.311. The third-order valence-corrected chi connectivity index (χ3v) is 4.39. The van der Waals surface area contributed by atoms with Gasteiger partial charge in [-0.2, -0.15) is 11.3 Å². The normalized spacial score (nSPS) is 10.2. The van der Waals surface area contributed by atoms with Crippen LogP contribution in [-0.2, 0) is 6.54 Å². The Morgan fingerprint density at radius 3 is 2.54 bits per heavy atom. The van der Waals surface area contributed by atoms with Crippen molar-refractivity contribution in [1.29, 1.82) is 0 Å². The number of nitrogens with one attached hydrogen (secondary N) is 2. The second-order valence-corrected chi connectivity index (χ2v) is 6.25. The molecule has 2 aromatic heterocycles. The summed E-state index contributed by atoms with van der Waals surface area (Å²) in [7, 11) is 3.13. The van der Waals surface area contributed by atoms with Gasteiger partial charge in [0.1, 0.15) is 11.5 Å². The van der Waals surface area contributed by atoms with Crippen LogP contribution in [0.2, 0.25) is 0 Å². The lowest BCUT2D eigenvalue weighted by atomic mass is 10.1. The molecular formula is C19H19N3O3S. The summed E-state index contributed by atoms with van der Waals surface area (Å²) >= 11 is 1.63. The summed E-state index contributed by atoms with van der Waals surface area (Å²) in [5, 5.41) is 9.67. The van der Waals surface area contributed by atoms with Gasteiger partial charge in [0.25, 0.3) is 0 Å². The Balaban J connectivity index is 1.62. The van der Waals surface area contributed by atoms with Crippen molar-refractivity contribution in [2.45, 2.75) is 6.54 Å². The van der Waals surface area contributed by atoms with Crippen LogP contribution in [0.15, 0.2) is 53.4 Å². The van der Waals surface area contributed by atoms with Crippen LogP contribution in [0.1, 0.15) is 5.56 Å². The largest absolute Gasteiger partial charge is 0.497 e. The smallest absolute Gasteiger partial charge is 0.319 e. The number of aromatic nitrogens is 1. The molecule has 0 aliphatic heterocycles. The van der Waals surface area contributed by atoms with Gasteiger partial charge in [-0.25, -0.2) is 4.79 Å². The lowest BCUT2D eigenvalue weighted by Gasteiger charge is -2.11. The van der Waals surface area contributed by atoms with E-state index in [2.05, 4.69) is 15.6 Å². The second-order valence-electron chi connectivity index (χ2n) is 5.47. The lowest BCUT2D eigenvalue weighted by Crippen LogP contribution is -2.28. The van der Waals surface area contributed by atoms with E-state index in [-0.39, 0.29) is 6.03 Å². The van der Waals surface area contributed by atoms with Crippen molar-refractivity contribution >= 4 is 23.1 Å². The Morgan fingerprint density at radius 1 is 1.12 bits per heavy atom. The fraction of sp³-hybridized carbons (Fsp3) is 0.158. The van der Waals surface area contributed by atoms with E-state index in [1.165, 1.54) is 0 Å². The van der Waals surface area contributed by atoms with Crippen LogP contribution in [0.3, 0.4) is 0 Å². The van der Waals surface area contributed by atoms with Crippen LogP contribution >= 0.6 is 11.3 Å². The molecule has 0 unspecified atom stereocenters. The van der Waals surface area contributed by atoms with Gasteiger partial charge in [0.2, 0.25) is 0 Å². The summed E-state index contributed by atoms with van der Waals surface area (Å²) in [6.45, 7) is 0.395. The van der Waals surface area contributed by atoms with E-state index in [1.807, 2.05) is 29.0 Å². The van der Waals surface area contributed by atoms with Crippen LogP contribution < -0.4 is 20.1 Å². The number of carbonyl (C=O) groups is 1. The Hall–Kier alpha value is -3.06. The first kappa shape index (κ1) is 17.8. The number of carbonyl (C=O) groups excluding carboxylic acids is 1. The Labute approximate surface area is 155 Å². The molecule has 2 N–H and O–H groups in total. The number of hydrogen-bond acceptors (Lipinski definition) is 5. The number of benzene rings is 1. The molecule has 0 radical (unpaired) electrons. The molecule has 0 aliphatic carbocycles. The van der Waals surface area contributed by atoms with Crippen LogP contribution in [0.4, 0.5) is 10.5 Å². The molecule has 134 valence electrons. The van der Waals surface area contributed by atoms with Gasteiger partial charge < -0.3 is 20.1 Å². The first-order chi connectivity index (χ1) is 12.7. The molecule has 3 aromatic rings. The number of hydrogen-bond donors (Lipinski definition) is 2. The van der Waals surface area contributed by atoms with Crippen molar-refractivity contribution in [3.8, 4) is 22.8 Å². The van der Waals surface area contributed by atoms with E-state index in [9.17, 15) is 4.79 Å². The zero-order valence-electron chi connectivity index (χ0n) is 14.5. The number of amides is 2. The predicted molar refractivity (Wildman–Crippen MR) is 103 cm³/mol. The molecule has 2 heterocycles. The highest BCUT2D eigenvalue weighted by Crippen LogP contribution is 2.25. The molecule has 0 saturated carbocycles. The van der Waals surface area contributed by atoms with E-state index < -0.39 is 0 Å². The van der Waals surface area contributed by atoms with Crippen LogP contribution in [0.25, 0.3) is 11.3 Å². The predicted octanol–water partition coefficient (Wildman–Crippen LogP) is 4.15. The van der Waals surface area contributed by atoms with Gasteiger partial charge in [-0.05, 0) is 29.1 Å². The molecule has 0 bridgehead atoms. The van der Waals surface area contributed by atoms with Gasteiger partial charge >= 0.3 is 6.03 Å². The number of pyridine rings is 1. The second kappa shape index (κ2) is 8.35. The molecular weight excluding hydrogens is 350 g/mol. The maximum Gasteiger partial charge on any atom is 0.319 e. The summed E-state index contributed by atoms with van der Waals surface area (Å²) in [4.78, 5) is 16.5. The van der Waals surface area contributed by atoms with Gasteiger partial charge in [0.05, 0.1) is 19.9 Å². The van der Waals surface area contributed by atoms with E-state index >= 15 is 0 Å². The first-order valence-corrected chi connectivity index (χ1v) is 8.87. The number of ether oxygens (including phenoxy) is 2. The topological polar surface area (TPSA) is 72.5 Å². The fourth-order valence-electron chi connectivity index (χ4n) is 2.39. The third-order valence-electron chi connectivity index (χ3n) is 3.70. The number of nitrogens with zero attached hydrogens (tertiary/aromatic N) is 1. The molecule has 0 aliphatic rings. The third kappa shape index (κ3) is 4.52. The zero-order chi connectivity index (χ0) is 18.4. The van der Waals surface area contributed by atoms with E-state index in [0.717, 1.165) is 16.8 Å². The number of anilines is 1. The summed E-state index contributed by atoms with van der Waals surface area (Å²) in [5.41, 5.74) is 3.53. The molecule has 1 aromatic carbocycles. The molecule has 0 saturated heterocycles. The number of rotatable bonds is 6.